The van der Waals surface area contributed by atoms with E-state index in [0.29, 0.717) is 6.54 Å². The molecule has 0 aromatic rings. The van der Waals surface area contributed by atoms with E-state index in [-0.39, 0.29) is 0 Å². The molecular weight excluding hydrogens is 160 g/mol. The van der Waals surface area contributed by atoms with Crippen LogP contribution < -0.4 is 0 Å². The summed E-state index contributed by atoms with van der Waals surface area (Å²) in [5.74, 6) is 1.60. The van der Waals surface area contributed by atoms with Gasteiger partial charge in [-0.05, 0) is 24.8 Å². The van der Waals surface area contributed by atoms with E-state index in [9.17, 15) is 0 Å². The second-order valence-corrected chi connectivity index (χ2v) is 3.69. The molecule has 1 rings (SSSR count). The second kappa shape index (κ2) is 6.91. The minimum atomic E-state index is 0.614. The highest BCUT2D eigenvalue weighted by Crippen LogP contribution is 2.22. The maximum atomic E-state index is 8.46. The van der Waals surface area contributed by atoms with E-state index in [4.69, 9.17) is 5.26 Å². The van der Waals surface area contributed by atoms with Gasteiger partial charge in [0, 0.05) is 6.54 Å². The predicted molar refractivity (Wildman–Crippen MR) is 56.3 cm³/mol. The molecule has 0 N–H and O–H groups in total. The normalized spacial score (nSPS) is 22.3. The Kier molecular flexibility index (Phi) is 6.62. The van der Waals surface area contributed by atoms with Crippen molar-refractivity contribution in [2.75, 3.05) is 19.6 Å². The molecule has 2 heteroatoms. The summed E-state index contributed by atoms with van der Waals surface area (Å²) in [5.41, 5.74) is 0. The summed E-state index contributed by atoms with van der Waals surface area (Å²) in [7, 11) is 0. The van der Waals surface area contributed by atoms with Crippen LogP contribution in [0.4, 0.5) is 0 Å². The van der Waals surface area contributed by atoms with Crippen molar-refractivity contribution in [2.24, 2.45) is 11.8 Å². The van der Waals surface area contributed by atoms with Gasteiger partial charge in [0.15, 0.2) is 0 Å². The highest BCUT2D eigenvalue weighted by Gasteiger charge is 2.23. The molecule has 1 fully saturated rings. The van der Waals surface area contributed by atoms with Crippen LogP contribution in [0.25, 0.3) is 0 Å². The molecular formula is C11H22N2. The topological polar surface area (TPSA) is 27.0 Å². The minimum Gasteiger partial charge on any atom is -0.290 e. The van der Waals surface area contributed by atoms with Crippen molar-refractivity contribution < 1.29 is 0 Å². The van der Waals surface area contributed by atoms with Crippen molar-refractivity contribution in [3.05, 3.63) is 0 Å². The van der Waals surface area contributed by atoms with Crippen LogP contribution in [-0.4, -0.2) is 24.5 Å². The molecule has 0 aliphatic carbocycles. The highest BCUT2D eigenvalue weighted by atomic mass is 15.1. The number of hydrogen-bond donors (Lipinski definition) is 0. The van der Waals surface area contributed by atoms with Gasteiger partial charge >= 0.3 is 0 Å². The number of likely N-dealkylation sites (tertiary alicyclic amines) is 1. The molecule has 76 valence electrons. The molecule has 0 amide bonds. The molecule has 1 saturated heterocycles. The summed E-state index contributed by atoms with van der Waals surface area (Å²) in [4.78, 5) is 2.24. The molecule has 0 spiro atoms. The first-order chi connectivity index (χ1) is 6.24. The van der Waals surface area contributed by atoms with Crippen LogP contribution in [-0.2, 0) is 0 Å². The van der Waals surface area contributed by atoms with E-state index < -0.39 is 0 Å². The second-order valence-electron chi connectivity index (χ2n) is 3.69. The maximum Gasteiger partial charge on any atom is 0.0866 e. The average Bonchev–Trinajstić information content (AvgIpc) is 2.57. The van der Waals surface area contributed by atoms with Gasteiger partial charge in [-0.2, -0.15) is 5.26 Å². The molecule has 1 aliphatic heterocycles. The SMILES string of the molecule is CC.CC(C)C1CCN(CC#N)C1. The molecule has 1 aliphatic rings. The fourth-order valence-corrected chi connectivity index (χ4v) is 1.65. The Labute approximate surface area is 82.5 Å². The number of rotatable bonds is 2. The Morgan fingerprint density at radius 3 is 2.46 bits per heavy atom. The van der Waals surface area contributed by atoms with E-state index in [1.54, 1.807) is 0 Å². The first kappa shape index (κ1) is 12.4. The van der Waals surface area contributed by atoms with Crippen molar-refractivity contribution >= 4 is 0 Å². The fraction of sp³-hybridized carbons (Fsp3) is 0.909. The third-order valence-electron chi connectivity index (χ3n) is 2.55. The third-order valence-corrected chi connectivity index (χ3v) is 2.55. The van der Waals surface area contributed by atoms with Crippen molar-refractivity contribution in [1.82, 2.24) is 4.90 Å². The van der Waals surface area contributed by atoms with Gasteiger partial charge in [-0.1, -0.05) is 27.7 Å². The lowest BCUT2D eigenvalue weighted by Gasteiger charge is -2.14. The maximum absolute atomic E-state index is 8.46. The van der Waals surface area contributed by atoms with E-state index in [2.05, 4.69) is 24.8 Å². The molecule has 1 atom stereocenters. The van der Waals surface area contributed by atoms with Gasteiger partial charge in [-0.15, -0.1) is 0 Å². The summed E-state index contributed by atoms with van der Waals surface area (Å²) in [5, 5.41) is 8.46. The summed E-state index contributed by atoms with van der Waals surface area (Å²) >= 11 is 0. The lowest BCUT2D eigenvalue weighted by molar-refractivity contribution is 0.331. The molecule has 13 heavy (non-hydrogen) atoms. The van der Waals surface area contributed by atoms with E-state index in [1.165, 1.54) is 6.42 Å². The Morgan fingerprint density at radius 1 is 1.46 bits per heavy atom. The molecule has 0 radical (unpaired) electrons. The molecule has 0 saturated carbocycles. The van der Waals surface area contributed by atoms with Gasteiger partial charge in [0.2, 0.25) is 0 Å². The van der Waals surface area contributed by atoms with Crippen LogP contribution >= 0.6 is 0 Å². The smallest absolute Gasteiger partial charge is 0.0866 e. The molecule has 2 nitrogen and oxygen atoms in total. The average molecular weight is 182 g/mol. The predicted octanol–water partition coefficient (Wildman–Crippen LogP) is 2.51. The van der Waals surface area contributed by atoms with Crippen LogP contribution in [0.15, 0.2) is 0 Å². The molecule has 1 unspecified atom stereocenters. The summed E-state index contributed by atoms with van der Waals surface area (Å²) in [6, 6.07) is 2.20. The first-order valence-electron chi connectivity index (χ1n) is 5.33. The zero-order chi connectivity index (χ0) is 10.3. The van der Waals surface area contributed by atoms with E-state index in [1.807, 2.05) is 13.8 Å². The Balaban J connectivity index is 0.000000671. The summed E-state index contributed by atoms with van der Waals surface area (Å²) < 4.78 is 0. The number of nitrogens with zero attached hydrogens (tertiary/aromatic N) is 2. The van der Waals surface area contributed by atoms with Gasteiger partial charge in [0.25, 0.3) is 0 Å². The quantitative estimate of drug-likeness (QED) is 0.614. The van der Waals surface area contributed by atoms with Crippen molar-refractivity contribution in [3.63, 3.8) is 0 Å². The number of nitriles is 1. The van der Waals surface area contributed by atoms with Crippen LogP contribution in [0.1, 0.15) is 34.1 Å². The van der Waals surface area contributed by atoms with Gasteiger partial charge < -0.3 is 0 Å². The monoisotopic (exact) mass is 182 g/mol. The lowest BCUT2D eigenvalue weighted by atomic mass is 9.95. The minimum absolute atomic E-state index is 0.614. The van der Waals surface area contributed by atoms with Crippen LogP contribution in [0.3, 0.4) is 0 Å². The standard InChI is InChI=1S/C9H16N2.C2H6/c1-8(2)9-3-5-11(7-9)6-4-10;1-2/h8-9H,3,5-7H2,1-2H3;1-2H3. The molecule has 1 heterocycles. The van der Waals surface area contributed by atoms with Crippen molar-refractivity contribution in [1.29, 1.82) is 5.26 Å². The third kappa shape index (κ3) is 4.28. The Bertz CT molecular complexity index is 158. The van der Waals surface area contributed by atoms with Gasteiger partial charge in [-0.25, -0.2) is 0 Å². The Morgan fingerprint density at radius 2 is 2.08 bits per heavy atom. The molecule has 0 aromatic carbocycles. The van der Waals surface area contributed by atoms with Gasteiger partial charge in [0.05, 0.1) is 12.6 Å². The largest absolute Gasteiger partial charge is 0.290 e. The van der Waals surface area contributed by atoms with E-state index >= 15 is 0 Å². The number of hydrogen-bond acceptors (Lipinski definition) is 2. The highest BCUT2D eigenvalue weighted by molar-refractivity contribution is 4.84. The Hall–Kier alpha value is -0.550. The lowest BCUT2D eigenvalue weighted by Crippen LogP contribution is -2.22. The zero-order valence-corrected chi connectivity index (χ0v) is 9.38. The molecule has 0 bridgehead atoms. The first-order valence-corrected chi connectivity index (χ1v) is 5.33. The van der Waals surface area contributed by atoms with Crippen molar-refractivity contribution in [3.8, 4) is 6.07 Å². The van der Waals surface area contributed by atoms with Gasteiger partial charge in [0.1, 0.15) is 0 Å². The van der Waals surface area contributed by atoms with Crippen LogP contribution in [0.2, 0.25) is 0 Å². The van der Waals surface area contributed by atoms with Crippen LogP contribution in [0, 0.1) is 23.2 Å². The molecule has 0 aromatic heterocycles. The van der Waals surface area contributed by atoms with Crippen LogP contribution in [0.5, 0.6) is 0 Å². The fourth-order valence-electron chi connectivity index (χ4n) is 1.65. The zero-order valence-electron chi connectivity index (χ0n) is 9.38. The van der Waals surface area contributed by atoms with Crippen molar-refractivity contribution in [2.45, 2.75) is 34.1 Å². The summed E-state index contributed by atoms with van der Waals surface area (Å²) in [6.45, 7) is 11.4. The van der Waals surface area contributed by atoms with E-state index in [0.717, 1.165) is 24.9 Å². The van der Waals surface area contributed by atoms with Gasteiger partial charge in [-0.3, -0.25) is 4.90 Å². The summed E-state index contributed by atoms with van der Waals surface area (Å²) in [6.07, 6.45) is 1.28.